The predicted molar refractivity (Wildman–Crippen MR) is 74.5 cm³/mol. The molecule has 1 aromatic carbocycles. The van der Waals surface area contributed by atoms with Gasteiger partial charge in [0.1, 0.15) is 0 Å². The molecular formula is C14H22N2O3. The van der Waals surface area contributed by atoms with Crippen LogP contribution < -0.4 is 11.1 Å². The number of anilines is 1. The van der Waals surface area contributed by atoms with Crippen LogP contribution in [0.5, 0.6) is 0 Å². The second kappa shape index (κ2) is 6.54. The van der Waals surface area contributed by atoms with Crippen molar-refractivity contribution in [3.63, 3.8) is 0 Å². The van der Waals surface area contributed by atoms with Gasteiger partial charge in [-0.3, -0.25) is 4.79 Å². The SMILES string of the molecule is COC(C)(C)CC(=O)NCC(O)c1ccc(N)cc1. The summed E-state index contributed by atoms with van der Waals surface area (Å²) in [5, 5.41) is 12.6. The Balaban J connectivity index is 2.44. The number of hydrogen-bond acceptors (Lipinski definition) is 4. The number of nitrogen functional groups attached to an aromatic ring is 1. The molecule has 0 saturated carbocycles. The second-order valence-corrected chi connectivity index (χ2v) is 5.13. The van der Waals surface area contributed by atoms with Crippen molar-refractivity contribution in [1.29, 1.82) is 0 Å². The first-order chi connectivity index (χ1) is 8.84. The van der Waals surface area contributed by atoms with Gasteiger partial charge >= 0.3 is 0 Å². The molecular weight excluding hydrogens is 244 g/mol. The largest absolute Gasteiger partial charge is 0.399 e. The first kappa shape index (κ1) is 15.5. The molecule has 1 unspecified atom stereocenters. The fourth-order valence-corrected chi connectivity index (χ4v) is 1.57. The third-order valence-corrected chi connectivity index (χ3v) is 2.95. The number of benzene rings is 1. The molecule has 0 heterocycles. The van der Waals surface area contributed by atoms with Crippen LogP contribution in [0.25, 0.3) is 0 Å². The Bertz CT molecular complexity index is 415. The summed E-state index contributed by atoms with van der Waals surface area (Å²) in [7, 11) is 1.57. The number of carbonyl (C=O) groups excluding carboxylic acids is 1. The maximum atomic E-state index is 11.7. The molecule has 0 aliphatic heterocycles. The molecule has 4 N–H and O–H groups in total. The van der Waals surface area contributed by atoms with Crippen LogP contribution in [0.2, 0.25) is 0 Å². The highest BCUT2D eigenvalue weighted by Gasteiger charge is 2.21. The summed E-state index contributed by atoms with van der Waals surface area (Å²) >= 11 is 0. The van der Waals surface area contributed by atoms with E-state index < -0.39 is 11.7 Å². The number of methoxy groups -OCH3 is 1. The summed E-state index contributed by atoms with van der Waals surface area (Å²) in [5.41, 5.74) is 6.43. The first-order valence-corrected chi connectivity index (χ1v) is 6.19. The third kappa shape index (κ3) is 5.28. The lowest BCUT2D eigenvalue weighted by Crippen LogP contribution is -2.35. The Kier molecular flexibility index (Phi) is 5.32. The van der Waals surface area contributed by atoms with E-state index in [4.69, 9.17) is 10.5 Å². The minimum atomic E-state index is -0.741. The van der Waals surface area contributed by atoms with E-state index in [-0.39, 0.29) is 18.9 Å². The van der Waals surface area contributed by atoms with E-state index in [1.54, 1.807) is 31.4 Å². The average Bonchev–Trinajstić information content (AvgIpc) is 2.36. The molecule has 0 radical (unpaired) electrons. The Labute approximate surface area is 113 Å². The highest BCUT2D eigenvalue weighted by Crippen LogP contribution is 2.15. The van der Waals surface area contributed by atoms with Crippen molar-refractivity contribution in [3.8, 4) is 0 Å². The highest BCUT2D eigenvalue weighted by molar-refractivity contribution is 5.76. The number of carbonyl (C=O) groups is 1. The van der Waals surface area contributed by atoms with Crippen LogP contribution in [-0.2, 0) is 9.53 Å². The van der Waals surface area contributed by atoms with E-state index in [0.29, 0.717) is 5.69 Å². The monoisotopic (exact) mass is 266 g/mol. The summed E-state index contributed by atoms with van der Waals surface area (Å²) in [4.78, 5) is 11.7. The fourth-order valence-electron chi connectivity index (χ4n) is 1.57. The van der Waals surface area contributed by atoms with Crippen molar-refractivity contribution in [2.24, 2.45) is 0 Å². The molecule has 1 aromatic rings. The zero-order chi connectivity index (χ0) is 14.5. The number of hydrogen-bond donors (Lipinski definition) is 3. The smallest absolute Gasteiger partial charge is 0.222 e. The molecule has 5 heteroatoms. The van der Waals surface area contributed by atoms with E-state index in [0.717, 1.165) is 5.56 Å². The molecule has 0 aliphatic rings. The molecule has 5 nitrogen and oxygen atoms in total. The normalized spacial score (nSPS) is 13.1. The molecule has 0 fully saturated rings. The third-order valence-electron chi connectivity index (χ3n) is 2.95. The van der Waals surface area contributed by atoms with Crippen molar-refractivity contribution in [1.82, 2.24) is 5.32 Å². The molecule has 0 spiro atoms. The van der Waals surface area contributed by atoms with Gasteiger partial charge in [-0.05, 0) is 31.5 Å². The van der Waals surface area contributed by atoms with Gasteiger partial charge in [0.2, 0.25) is 5.91 Å². The highest BCUT2D eigenvalue weighted by atomic mass is 16.5. The van der Waals surface area contributed by atoms with Crippen LogP contribution in [0.4, 0.5) is 5.69 Å². The van der Waals surface area contributed by atoms with Gasteiger partial charge in [0.05, 0.1) is 18.1 Å². The number of ether oxygens (including phenoxy) is 1. The molecule has 0 aliphatic carbocycles. The van der Waals surface area contributed by atoms with Crippen molar-refractivity contribution in [2.75, 3.05) is 19.4 Å². The number of rotatable bonds is 6. The van der Waals surface area contributed by atoms with Crippen LogP contribution in [0.3, 0.4) is 0 Å². The maximum Gasteiger partial charge on any atom is 0.222 e. The minimum Gasteiger partial charge on any atom is -0.399 e. The number of amides is 1. The first-order valence-electron chi connectivity index (χ1n) is 6.19. The number of aliphatic hydroxyl groups excluding tert-OH is 1. The summed E-state index contributed by atoms with van der Waals surface area (Å²) in [6.07, 6.45) is -0.493. The average molecular weight is 266 g/mol. The Morgan fingerprint density at radius 2 is 2.00 bits per heavy atom. The van der Waals surface area contributed by atoms with E-state index in [1.807, 2.05) is 13.8 Å². The number of aliphatic hydroxyl groups is 1. The van der Waals surface area contributed by atoms with E-state index in [1.165, 1.54) is 0 Å². The fraction of sp³-hybridized carbons (Fsp3) is 0.500. The molecule has 0 saturated heterocycles. The molecule has 0 bridgehead atoms. The van der Waals surface area contributed by atoms with E-state index in [2.05, 4.69) is 5.32 Å². The molecule has 0 aromatic heterocycles. The van der Waals surface area contributed by atoms with E-state index >= 15 is 0 Å². The van der Waals surface area contributed by atoms with Gasteiger partial charge in [0, 0.05) is 19.3 Å². The Hall–Kier alpha value is -1.59. The second-order valence-electron chi connectivity index (χ2n) is 5.13. The van der Waals surface area contributed by atoms with Gasteiger partial charge in [0.25, 0.3) is 0 Å². The molecule has 106 valence electrons. The zero-order valence-corrected chi connectivity index (χ0v) is 11.6. The summed E-state index contributed by atoms with van der Waals surface area (Å²) in [6.45, 7) is 3.84. The summed E-state index contributed by atoms with van der Waals surface area (Å²) < 4.78 is 5.18. The van der Waals surface area contributed by atoms with Crippen molar-refractivity contribution < 1.29 is 14.6 Å². The quantitative estimate of drug-likeness (QED) is 0.676. The van der Waals surface area contributed by atoms with Crippen LogP contribution >= 0.6 is 0 Å². The maximum absolute atomic E-state index is 11.7. The summed E-state index contributed by atoms with van der Waals surface area (Å²) in [5.74, 6) is -0.152. The van der Waals surface area contributed by atoms with Crippen LogP contribution in [-0.4, -0.2) is 30.3 Å². The Morgan fingerprint density at radius 1 is 1.42 bits per heavy atom. The molecule has 1 amide bonds. The van der Waals surface area contributed by atoms with Crippen LogP contribution in [0.15, 0.2) is 24.3 Å². The van der Waals surface area contributed by atoms with Crippen molar-refractivity contribution >= 4 is 11.6 Å². The van der Waals surface area contributed by atoms with Gasteiger partial charge in [0.15, 0.2) is 0 Å². The van der Waals surface area contributed by atoms with Gasteiger partial charge in [-0.15, -0.1) is 0 Å². The van der Waals surface area contributed by atoms with Gasteiger partial charge in [-0.1, -0.05) is 12.1 Å². The van der Waals surface area contributed by atoms with Crippen LogP contribution in [0, 0.1) is 0 Å². The van der Waals surface area contributed by atoms with Crippen LogP contribution in [0.1, 0.15) is 31.9 Å². The summed E-state index contributed by atoms with van der Waals surface area (Å²) in [6, 6.07) is 6.92. The van der Waals surface area contributed by atoms with Crippen molar-refractivity contribution in [3.05, 3.63) is 29.8 Å². The lowest BCUT2D eigenvalue weighted by Gasteiger charge is -2.22. The zero-order valence-electron chi connectivity index (χ0n) is 11.6. The number of nitrogens with one attached hydrogen (secondary N) is 1. The lowest BCUT2D eigenvalue weighted by molar-refractivity contribution is -0.126. The van der Waals surface area contributed by atoms with E-state index in [9.17, 15) is 9.90 Å². The van der Waals surface area contributed by atoms with Gasteiger partial charge in [-0.25, -0.2) is 0 Å². The van der Waals surface area contributed by atoms with Crippen molar-refractivity contribution in [2.45, 2.75) is 32.0 Å². The lowest BCUT2D eigenvalue weighted by atomic mass is 10.0. The molecule has 19 heavy (non-hydrogen) atoms. The topological polar surface area (TPSA) is 84.6 Å². The number of nitrogens with two attached hydrogens (primary N) is 1. The minimum absolute atomic E-state index is 0.152. The predicted octanol–water partition coefficient (Wildman–Crippen LogP) is 1.23. The van der Waals surface area contributed by atoms with Gasteiger partial charge in [-0.2, -0.15) is 0 Å². The molecule has 1 atom stereocenters. The molecule has 1 rings (SSSR count). The Morgan fingerprint density at radius 3 is 2.53 bits per heavy atom. The van der Waals surface area contributed by atoms with Gasteiger partial charge < -0.3 is 20.9 Å². The standard InChI is InChI=1S/C14H22N2O3/c1-14(2,19-3)8-13(18)16-9-12(17)10-4-6-11(15)7-5-10/h4-7,12,17H,8-9,15H2,1-3H3,(H,16,18).